The van der Waals surface area contributed by atoms with Crippen LogP contribution in [0, 0.1) is 13.8 Å². The normalized spacial score (nSPS) is 13.4. The zero-order chi connectivity index (χ0) is 20.6. The minimum atomic E-state index is -3.77. The Hall–Kier alpha value is -3.13. The van der Waals surface area contributed by atoms with E-state index in [4.69, 9.17) is 0 Å². The van der Waals surface area contributed by atoms with Crippen LogP contribution in [0.15, 0.2) is 60.0 Å². The van der Waals surface area contributed by atoms with E-state index in [9.17, 15) is 13.2 Å². The number of hydrogen-bond donors (Lipinski definition) is 1. The molecule has 1 aliphatic rings. The molecule has 1 aromatic heterocycles. The molecule has 2 heterocycles. The number of carbonyl (C=O) groups excluding carboxylic acids is 1. The van der Waals surface area contributed by atoms with Gasteiger partial charge in [-0.05, 0) is 49.1 Å². The quantitative estimate of drug-likeness (QED) is 0.701. The van der Waals surface area contributed by atoms with Crippen molar-refractivity contribution >= 4 is 27.3 Å². The molecule has 4 rings (SSSR count). The number of aryl methyl sites for hydroxylation is 1. The van der Waals surface area contributed by atoms with Gasteiger partial charge in [-0.25, -0.2) is 4.98 Å². The monoisotopic (exact) mass is 410 g/mol. The number of fused-ring (bicyclic) bond motifs is 1. The van der Waals surface area contributed by atoms with Crippen LogP contribution in [0.3, 0.4) is 0 Å². The number of amides is 1. The Morgan fingerprint density at radius 1 is 1.14 bits per heavy atom. The Labute approximate surface area is 170 Å². The molecule has 0 unspecified atom stereocenters. The summed E-state index contributed by atoms with van der Waals surface area (Å²) in [5.41, 5.74) is 4.53. The van der Waals surface area contributed by atoms with Crippen molar-refractivity contribution in [3.63, 3.8) is 0 Å². The van der Waals surface area contributed by atoms with Gasteiger partial charge in [0, 0.05) is 18.4 Å². The largest absolute Gasteiger partial charge is 0.327 e. The van der Waals surface area contributed by atoms with Crippen LogP contribution in [0.1, 0.15) is 16.7 Å². The maximum atomic E-state index is 13.0. The summed E-state index contributed by atoms with van der Waals surface area (Å²) in [6, 6.07) is 13.2. The van der Waals surface area contributed by atoms with Gasteiger partial charge >= 0.3 is 0 Å². The smallest absolute Gasteiger partial charge is 0.283 e. The van der Waals surface area contributed by atoms with Crippen LogP contribution in [0.5, 0.6) is 0 Å². The molecule has 8 heteroatoms. The van der Waals surface area contributed by atoms with E-state index in [1.54, 1.807) is 6.07 Å². The lowest BCUT2D eigenvalue weighted by atomic mass is 10.1. The molecule has 29 heavy (non-hydrogen) atoms. The van der Waals surface area contributed by atoms with Crippen LogP contribution in [-0.2, 0) is 27.8 Å². The fourth-order valence-corrected chi connectivity index (χ4v) is 4.92. The standard InChI is InChI=1S/C21H22N4O3S/c1-15-6-5-8-18(16(15)2)23-20(26)12-24-13-21(22-14-24)29(27,28)25-11-10-17-7-3-4-9-19(17)25/h3-9,13-14H,10-12H2,1-2H3,(H,23,26). The minimum absolute atomic E-state index is 0.0213. The van der Waals surface area contributed by atoms with Gasteiger partial charge < -0.3 is 9.88 Å². The van der Waals surface area contributed by atoms with E-state index in [0.29, 0.717) is 18.7 Å². The first-order chi connectivity index (χ1) is 13.9. The molecule has 0 spiro atoms. The molecule has 1 amide bonds. The van der Waals surface area contributed by atoms with Gasteiger partial charge in [0.25, 0.3) is 10.0 Å². The number of aromatic nitrogens is 2. The summed E-state index contributed by atoms with van der Waals surface area (Å²) in [7, 11) is -3.77. The van der Waals surface area contributed by atoms with Gasteiger partial charge in [0.05, 0.1) is 12.0 Å². The van der Waals surface area contributed by atoms with Gasteiger partial charge in [-0.3, -0.25) is 9.10 Å². The van der Waals surface area contributed by atoms with Crippen molar-refractivity contribution in [2.45, 2.75) is 31.8 Å². The molecule has 0 saturated heterocycles. The first-order valence-electron chi connectivity index (χ1n) is 9.35. The fourth-order valence-electron chi connectivity index (χ4n) is 3.47. The highest BCUT2D eigenvalue weighted by Gasteiger charge is 2.32. The highest BCUT2D eigenvalue weighted by molar-refractivity contribution is 7.92. The van der Waals surface area contributed by atoms with Crippen molar-refractivity contribution in [1.82, 2.24) is 9.55 Å². The van der Waals surface area contributed by atoms with Gasteiger partial charge in [0.15, 0.2) is 5.03 Å². The topological polar surface area (TPSA) is 84.3 Å². The SMILES string of the molecule is Cc1cccc(NC(=O)Cn2cnc(S(=O)(=O)N3CCc4ccccc43)c2)c1C. The van der Waals surface area contributed by atoms with E-state index in [0.717, 1.165) is 22.4 Å². The zero-order valence-electron chi connectivity index (χ0n) is 16.3. The maximum absolute atomic E-state index is 13.0. The first-order valence-corrected chi connectivity index (χ1v) is 10.8. The highest BCUT2D eigenvalue weighted by Crippen LogP contribution is 2.32. The number of imidazole rings is 1. The molecule has 2 aromatic carbocycles. The van der Waals surface area contributed by atoms with E-state index in [1.165, 1.54) is 21.4 Å². The molecule has 0 aliphatic carbocycles. The van der Waals surface area contributed by atoms with Crippen molar-refractivity contribution < 1.29 is 13.2 Å². The summed E-state index contributed by atoms with van der Waals surface area (Å²) in [6.07, 6.45) is 3.45. The predicted octanol–water partition coefficient (Wildman–Crippen LogP) is 2.89. The lowest BCUT2D eigenvalue weighted by molar-refractivity contribution is -0.116. The van der Waals surface area contributed by atoms with Crippen LogP contribution in [0.2, 0.25) is 0 Å². The summed E-state index contributed by atoms with van der Waals surface area (Å²) >= 11 is 0. The zero-order valence-corrected chi connectivity index (χ0v) is 17.1. The third-order valence-corrected chi connectivity index (χ3v) is 6.91. The number of hydrogen-bond acceptors (Lipinski definition) is 4. The van der Waals surface area contributed by atoms with Crippen LogP contribution in [0.25, 0.3) is 0 Å². The first kappa shape index (κ1) is 19.2. The van der Waals surface area contributed by atoms with Gasteiger partial charge in [0.2, 0.25) is 5.91 Å². The third-order valence-electron chi connectivity index (χ3n) is 5.21. The Morgan fingerprint density at radius 2 is 1.93 bits per heavy atom. The number of rotatable bonds is 5. The number of anilines is 2. The van der Waals surface area contributed by atoms with Crippen molar-refractivity contribution in [3.8, 4) is 0 Å². The number of nitrogens with zero attached hydrogens (tertiary/aromatic N) is 3. The maximum Gasteiger partial charge on any atom is 0.283 e. The van der Waals surface area contributed by atoms with Gasteiger partial charge in [-0.2, -0.15) is 8.42 Å². The number of para-hydroxylation sites is 1. The lowest BCUT2D eigenvalue weighted by Crippen LogP contribution is -2.29. The van der Waals surface area contributed by atoms with Crippen LogP contribution >= 0.6 is 0 Å². The van der Waals surface area contributed by atoms with Crippen molar-refractivity contribution in [1.29, 1.82) is 0 Å². The second-order valence-electron chi connectivity index (χ2n) is 7.14. The molecule has 7 nitrogen and oxygen atoms in total. The molecule has 150 valence electrons. The fraction of sp³-hybridized carbons (Fsp3) is 0.238. The van der Waals surface area contributed by atoms with Gasteiger partial charge in [-0.15, -0.1) is 0 Å². The number of benzene rings is 2. The lowest BCUT2D eigenvalue weighted by Gasteiger charge is -2.17. The predicted molar refractivity (Wildman–Crippen MR) is 111 cm³/mol. The van der Waals surface area contributed by atoms with Crippen molar-refractivity contribution in [2.24, 2.45) is 0 Å². The van der Waals surface area contributed by atoms with Crippen molar-refractivity contribution in [3.05, 3.63) is 71.7 Å². The molecule has 0 bridgehead atoms. The second-order valence-corrected chi connectivity index (χ2v) is 8.94. The van der Waals surface area contributed by atoms with E-state index >= 15 is 0 Å². The van der Waals surface area contributed by atoms with Crippen LogP contribution in [-0.4, -0.2) is 30.4 Å². The van der Waals surface area contributed by atoms with Crippen LogP contribution < -0.4 is 9.62 Å². The number of nitrogens with one attached hydrogen (secondary N) is 1. The summed E-state index contributed by atoms with van der Waals surface area (Å²) in [5.74, 6) is -0.244. The molecule has 0 atom stereocenters. The molecule has 0 fully saturated rings. The molecular formula is C21H22N4O3S. The van der Waals surface area contributed by atoms with E-state index in [1.807, 2.05) is 50.2 Å². The van der Waals surface area contributed by atoms with E-state index < -0.39 is 10.0 Å². The Bertz CT molecular complexity index is 1180. The summed E-state index contributed by atoms with van der Waals surface area (Å²) in [6.45, 7) is 4.30. The van der Waals surface area contributed by atoms with E-state index in [2.05, 4.69) is 10.3 Å². The number of carbonyl (C=O) groups is 1. The Morgan fingerprint density at radius 3 is 2.76 bits per heavy atom. The second kappa shape index (κ2) is 7.36. The molecule has 3 aromatic rings. The summed E-state index contributed by atoms with van der Waals surface area (Å²) in [4.78, 5) is 16.5. The summed E-state index contributed by atoms with van der Waals surface area (Å²) < 4.78 is 28.9. The van der Waals surface area contributed by atoms with Crippen LogP contribution in [0.4, 0.5) is 11.4 Å². The summed E-state index contributed by atoms with van der Waals surface area (Å²) in [5, 5.41) is 2.81. The van der Waals surface area contributed by atoms with Gasteiger partial charge in [-0.1, -0.05) is 30.3 Å². The molecule has 0 saturated carbocycles. The molecular weight excluding hydrogens is 388 g/mol. The molecule has 1 aliphatic heterocycles. The van der Waals surface area contributed by atoms with Crippen molar-refractivity contribution in [2.75, 3.05) is 16.2 Å². The molecule has 1 N–H and O–H groups in total. The Kier molecular flexibility index (Phi) is 4.87. The third kappa shape index (κ3) is 3.63. The number of sulfonamides is 1. The highest BCUT2D eigenvalue weighted by atomic mass is 32.2. The average Bonchev–Trinajstić information content (AvgIpc) is 3.33. The van der Waals surface area contributed by atoms with Gasteiger partial charge in [0.1, 0.15) is 6.54 Å². The van der Waals surface area contributed by atoms with E-state index in [-0.39, 0.29) is 17.5 Å². The Balaban J connectivity index is 1.50. The average molecular weight is 410 g/mol. The minimum Gasteiger partial charge on any atom is -0.327 e. The molecule has 0 radical (unpaired) electrons.